The number of thiazole rings is 1. The molecule has 0 aliphatic rings. The maximum absolute atomic E-state index is 13.3. The monoisotopic (exact) mass is 615 g/mol. The molecule has 0 saturated carbocycles. The Kier molecular flexibility index (Phi) is 11.1. The summed E-state index contributed by atoms with van der Waals surface area (Å²) < 4.78 is 22.5. The molecule has 0 fully saturated rings. The lowest BCUT2D eigenvalue weighted by Gasteiger charge is -2.30. The Hall–Kier alpha value is -4.19. The number of anilines is 2. The molecule has 0 spiro atoms. The van der Waals surface area contributed by atoms with Crippen molar-refractivity contribution >= 4 is 34.3 Å². The van der Waals surface area contributed by atoms with E-state index in [0.717, 1.165) is 22.6 Å². The van der Waals surface area contributed by atoms with E-state index in [1.807, 2.05) is 42.5 Å². The van der Waals surface area contributed by atoms with Gasteiger partial charge in [0.1, 0.15) is 23.6 Å². The first-order valence-corrected chi connectivity index (χ1v) is 14.7. The van der Waals surface area contributed by atoms with Crippen LogP contribution in [-0.2, 0) is 20.6 Å². The number of amides is 1. The number of H-pyrrole nitrogens is 1. The number of aromatic nitrogens is 1. The number of carbonyl (C=O) groups excluding carboxylic acids is 2. The summed E-state index contributed by atoms with van der Waals surface area (Å²) in [5.41, 5.74) is 0.202. The fraction of sp³-hybridized carbons (Fsp3) is 0.452. The lowest BCUT2D eigenvalue weighted by Crippen LogP contribution is -2.45. The first kappa shape index (κ1) is 33.3. The van der Waals surface area contributed by atoms with E-state index in [4.69, 9.17) is 18.9 Å². The third-order valence-corrected chi connectivity index (χ3v) is 6.77. The molecule has 0 unspecified atom stereocenters. The number of aromatic hydroxyl groups is 1. The van der Waals surface area contributed by atoms with Crippen molar-refractivity contribution in [3.8, 4) is 11.6 Å². The van der Waals surface area contributed by atoms with Gasteiger partial charge in [-0.1, -0.05) is 41.7 Å². The van der Waals surface area contributed by atoms with Gasteiger partial charge in [0.15, 0.2) is 11.1 Å². The van der Waals surface area contributed by atoms with Crippen molar-refractivity contribution in [1.82, 2.24) is 9.88 Å². The van der Waals surface area contributed by atoms with E-state index in [9.17, 15) is 19.5 Å². The van der Waals surface area contributed by atoms with Crippen LogP contribution in [0.2, 0.25) is 0 Å². The quantitative estimate of drug-likeness (QED) is 0.246. The van der Waals surface area contributed by atoms with E-state index in [2.05, 4.69) is 4.98 Å². The Morgan fingerprint density at radius 1 is 0.953 bits per heavy atom. The van der Waals surface area contributed by atoms with E-state index < -0.39 is 29.6 Å². The molecule has 1 heterocycles. The summed E-state index contributed by atoms with van der Waals surface area (Å²) in [6, 6.07) is 16.6. The fourth-order valence-corrected chi connectivity index (χ4v) is 4.59. The summed E-state index contributed by atoms with van der Waals surface area (Å²) in [4.78, 5) is 42.7. The van der Waals surface area contributed by atoms with E-state index in [1.165, 1.54) is 4.90 Å². The highest BCUT2D eigenvalue weighted by Gasteiger charge is 2.28. The Labute approximate surface area is 255 Å². The number of hydrogen-bond acceptors (Lipinski definition) is 10. The second-order valence-electron chi connectivity index (χ2n) is 11.9. The molecule has 43 heavy (non-hydrogen) atoms. The Morgan fingerprint density at radius 3 is 2.14 bits per heavy atom. The zero-order valence-corrected chi connectivity index (χ0v) is 26.5. The molecule has 3 aromatic rings. The molecular weight excluding hydrogens is 574 g/mol. The first-order valence-electron chi connectivity index (χ1n) is 13.9. The summed E-state index contributed by atoms with van der Waals surface area (Å²) in [5, 5.41) is 10.4. The molecular formula is C31H41N3O8S. The minimum atomic E-state index is -0.864. The number of hydrogen-bond donors (Lipinski definition) is 2. The lowest BCUT2D eigenvalue weighted by atomic mass is 10.1. The highest BCUT2D eigenvalue weighted by molar-refractivity contribution is 7.13. The number of nitrogens with one attached hydrogen (secondary N) is 1. The van der Waals surface area contributed by atoms with Crippen LogP contribution in [0.1, 0.15) is 47.1 Å². The third kappa shape index (κ3) is 11.2. The molecule has 0 aliphatic heterocycles. The van der Waals surface area contributed by atoms with Crippen molar-refractivity contribution in [2.45, 2.75) is 65.3 Å². The van der Waals surface area contributed by atoms with Gasteiger partial charge in [-0.15, -0.1) is 0 Å². The van der Waals surface area contributed by atoms with Crippen LogP contribution < -0.4 is 14.5 Å². The molecule has 1 aromatic heterocycles. The Morgan fingerprint density at radius 2 is 1.58 bits per heavy atom. The number of carbonyl (C=O) groups is 2. The average Bonchev–Trinajstić information content (AvgIpc) is 3.25. The fourth-order valence-electron chi connectivity index (χ4n) is 3.88. The smallest absolute Gasteiger partial charge is 0.492 e. The Bertz CT molecular complexity index is 1390. The lowest BCUT2D eigenvalue weighted by molar-refractivity contribution is -0.0455. The van der Waals surface area contributed by atoms with E-state index in [1.54, 1.807) is 65.6 Å². The van der Waals surface area contributed by atoms with Crippen LogP contribution in [0.3, 0.4) is 0 Å². The first-order chi connectivity index (χ1) is 20.1. The van der Waals surface area contributed by atoms with Crippen LogP contribution in [0.5, 0.6) is 11.6 Å². The summed E-state index contributed by atoms with van der Waals surface area (Å²) >= 11 is 0.910. The maximum Gasteiger partial charge on any atom is 0.509 e. The molecule has 2 aromatic carbocycles. The van der Waals surface area contributed by atoms with Gasteiger partial charge in [-0.05, 0) is 77.8 Å². The largest absolute Gasteiger partial charge is 0.509 e. The van der Waals surface area contributed by atoms with Crippen LogP contribution in [0.4, 0.5) is 20.3 Å². The van der Waals surface area contributed by atoms with Crippen molar-refractivity contribution in [2.75, 3.05) is 31.6 Å². The van der Waals surface area contributed by atoms with Gasteiger partial charge in [0.2, 0.25) is 5.88 Å². The van der Waals surface area contributed by atoms with E-state index in [0.29, 0.717) is 17.2 Å². The van der Waals surface area contributed by atoms with Gasteiger partial charge in [0.25, 0.3) is 0 Å². The Balaban J connectivity index is 1.75. The van der Waals surface area contributed by atoms with Crippen molar-refractivity contribution < 1.29 is 33.6 Å². The van der Waals surface area contributed by atoms with Crippen LogP contribution in [-0.4, -0.2) is 71.3 Å². The molecule has 3 rings (SSSR count). The van der Waals surface area contributed by atoms with E-state index in [-0.39, 0.29) is 30.4 Å². The number of para-hydroxylation sites is 1. The predicted molar refractivity (Wildman–Crippen MR) is 166 cm³/mol. The number of rotatable bonds is 11. The van der Waals surface area contributed by atoms with Crippen LogP contribution in [0, 0.1) is 0 Å². The number of aromatic amines is 1. The predicted octanol–water partition coefficient (Wildman–Crippen LogP) is 6.09. The standard InChI is InChI=1S/C31H41N3O8S/c1-30(2,3)41-28(37)34(18-17-21-13-15-22(16-14-21)33(7)26-25(35)32-27(36)43-26)19-24(40-29(38)42-31(4,5)6)20-39-23-11-9-8-10-12-23/h8-16,24,35H,17-20H2,1-7H3,(H,32,36)/t24-/m0/s1. The second kappa shape index (κ2) is 14.3. The van der Waals surface area contributed by atoms with Crippen LogP contribution in [0.15, 0.2) is 59.4 Å². The topological polar surface area (TPSA) is 131 Å². The van der Waals surface area contributed by atoms with Gasteiger partial charge in [0.05, 0.1) is 6.54 Å². The molecule has 1 amide bonds. The molecule has 11 nitrogen and oxygen atoms in total. The van der Waals surface area contributed by atoms with Gasteiger partial charge >= 0.3 is 17.1 Å². The molecule has 0 radical (unpaired) electrons. The van der Waals surface area contributed by atoms with Gasteiger partial charge in [-0.3, -0.25) is 9.78 Å². The minimum Gasteiger partial charge on any atom is -0.492 e. The van der Waals surface area contributed by atoms with E-state index >= 15 is 0 Å². The molecule has 0 aliphatic carbocycles. The SMILES string of the molecule is CN(c1ccc(CCN(C[C@@H](COc2ccccc2)OC(=O)OC(C)(C)C)C(=O)OC(C)(C)C)cc1)c1sc(=O)[nH]c1O. The molecule has 0 saturated heterocycles. The van der Waals surface area contributed by atoms with Gasteiger partial charge in [-0.25, -0.2) is 9.59 Å². The maximum atomic E-state index is 13.3. The normalized spacial score (nSPS) is 12.3. The number of ether oxygens (including phenoxy) is 4. The second-order valence-corrected chi connectivity index (χ2v) is 12.9. The molecule has 0 bridgehead atoms. The molecule has 2 N–H and O–H groups in total. The highest BCUT2D eigenvalue weighted by Crippen LogP contribution is 2.32. The molecule has 234 valence electrons. The minimum absolute atomic E-state index is 0.00743. The van der Waals surface area contributed by atoms with Crippen molar-refractivity contribution in [2.24, 2.45) is 0 Å². The van der Waals surface area contributed by atoms with Crippen LogP contribution >= 0.6 is 11.3 Å². The number of benzene rings is 2. The van der Waals surface area contributed by atoms with Gasteiger partial charge < -0.3 is 33.9 Å². The van der Waals surface area contributed by atoms with Crippen molar-refractivity contribution in [3.63, 3.8) is 0 Å². The highest BCUT2D eigenvalue weighted by atomic mass is 32.1. The van der Waals surface area contributed by atoms with Crippen molar-refractivity contribution in [3.05, 3.63) is 69.8 Å². The summed E-state index contributed by atoms with van der Waals surface area (Å²) in [6.45, 7) is 10.8. The van der Waals surface area contributed by atoms with Gasteiger partial charge in [-0.2, -0.15) is 0 Å². The third-order valence-electron chi connectivity index (χ3n) is 5.82. The summed E-state index contributed by atoms with van der Waals surface area (Å²) in [6.07, 6.45) is -1.79. The molecule has 1 atom stereocenters. The summed E-state index contributed by atoms with van der Waals surface area (Å²) in [7, 11) is 1.75. The number of nitrogens with zero attached hydrogens (tertiary/aromatic N) is 2. The van der Waals surface area contributed by atoms with Gasteiger partial charge in [0, 0.05) is 19.3 Å². The molecule has 12 heteroatoms. The van der Waals surface area contributed by atoms with Crippen molar-refractivity contribution in [1.29, 1.82) is 0 Å². The summed E-state index contributed by atoms with van der Waals surface area (Å²) in [5.74, 6) is 0.406. The average molecular weight is 616 g/mol. The zero-order chi connectivity index (χ0) is 31.8. The van der Waals surface area contributed by atoms with Crippen LogP contribution in [0.25, 0.3) is 0 Å². The zero-order valence-electron chi connectivity index (χ0n) is 25.7.